The molecule has 2 aromatic carbocycles. The van der Waals surface area contributed by atoms with Gasteiger partial charge in [-0.05, 0) is 36.8 Å². The molecule has 0 radical (unpaired) electrons. The van der Waals surface area contributed by atoms with Gasteiger partial charge in [-0.15, -0.1) is 0 Å². The highest BCUT2D eigenvalue weighted by molar-refractivity contribution is 5.99. The van der Waals surface area contributed by atoms with E-state index in [1.54, 1.807) is 12.1 Å². The molecule has 0 heterocycles. The van der Waals surface area contributed by atoms with Crippen molar-refractivity contribution in [2.45, 2.75) is 13.5 Å². The van der Waals surface area contributed by atoms with Gasteiger partial charge in [-0.2, -0.15) is 0 Å². The summed E-state index contributed by atoms with van der Waals surface area (Å²) in [7, 11) is 0. The first-order chi connectivity index (χ1) is 10.0. The summed E-state index contributed by atoms with van der Waals surface area (Å²) in [6.07, 6.45) is 0. The van der Waals surface area contributed by atoms with Crippen molar-refractivity contribution in [2.75, 3.05) is 5.43 Å². The Balaban J connectivity index is 2.11. The van der Waals surface area contributed by atoms with E-state index in [9.17, 15) is 13.6 Å². The minimum atomic E-state index is -0.943. The van der Waals surface area contributed by atoms with Crippen molar-refractivity contribution in [1.82, 2.24) is 5.32 Å². The van der Waals surface area contributed by atoms with Crippen molar-refractivity contribution in [2.24, 2.45) is 5.84 Å². The molecule has 0 aliphatic heterocycles. The van der Waals surface area contributed by atoms with Gasteiger partial charge in [0, 0.05) is 6.54 Å². The second kappa shape index (κ2) is 6.32. The Kier molecular flexibility index (Phi) is 4.49. The average Bonchev–Trinajstić information content (AvgIpc) is 2.48. The fourth-order valence-corrected chi connectivity index (χ4v) is 1.90. The molecular weight excluding hydrogens is 276 g/mol. The van der Waals surface area contributed by atoms with E-state index in [0.717, 1.165) is 17.7 Å². The molecule has 0 saturated heterocycles. The standard InChI is InChI=1S/C15H15F2N3O/c1-9-2-5-14(20-18)11(6-9)15(21)19-8-10-3-4-12(16)13(17)7-10/h2-7,20H,8,18H2,1H3,(H,19,21). The molecule has 0 fully saturated rings. The predicted molar refractivity (Wildman–Crippen MR) is 76.5 cm³/mol. The summed E-state index contributed by atoms with van der Waals surface area (Å²) in [5, 5.41) is 2.64. The van der Waals surface area contributed by atoms with Crippen molar-refractivity contribution in [3.05, 3.63) is 64.7 Å². The number of rotatable bonds is 4. The number of aryl methyl sites for hydroxylation is 1. The van der Waals surface area contributed by atoms with Crippen molar-refractivity contribution in [3.63, 3.8) is 0 Å². The van der Waals surface area contributed by atoms with Crippen LogP contribution in [0.5, 0.6) is 0 Å². The number of carbonyl (C=O) groups is 1. The molecule has 1 amide bonds. The van der Waals surface area contributed by atoms with E-state index < -0.39 is 11.6 Å². The van der Waals surface area contributed by atoms with Gasteiger partial charge in [0.1, 0.15) is 0 Å². The smallest absolute Gasteiger partial charge is 0.253 e. The van der Waals surface area contributed by atoms with Crippen LogP contribution >= 0.6 is 0 Å². The SMILES string of the molecule is Cc1ccc(NN)c(C(=O)NCc2ccc(F)c(F)c2)c1. The summed E-state index contributed by atoms with van der Waals surface area (Å²) in [5.74, 6) is 3.15. The monoisotopic (exact) mass is 291 g/mol. The van der Waals surface area contributed by atoms with Gasteiger partial charge in [0.2, 0.25) is 0 Å². The first kappa shape index (κ1) is 14.9. The first-order valence-corrected chi connectivity index (χ1v) is 6.30. The van der Waals surface area contributed by atoms with Crippen molar-refractivity contribution < 1.29 is 13.6 Å². The van der Waals surface area contributed by atoms with Gasteiger partial charge in [-0.1, -0.05) is 17.7 Å². The van der Waals surface area contributed by atoms with Crippen LogP contribution in [0.25, 0.3) is 0 Å². The van der Waals surface area contributed by atoms with Gasteiger partial charge in [-0.25, -0.2) is 8.78 Å². The third-order valence-corrected chi connectivity index (χ3v) is 3.01. The Labute approximate surface area is 120 Å². The molecule has 0 spiro atoms. The highest BCUT2D eigenvalue weighted by Gasteiger charge is 2.11. The molecule has 21 heavy (non-hydrogen) atoms. The summed E-state index contributed by atoms with van der Waals surface area (Å²) in [6, 6.07) is 8.69. The van der Waals surface area contributed by atoms with Crippen LogP contribution in [0.4, 0.5) is 14.5 Å². The van der Waals surface area contributed by atoms with Crippen LogP contribution in [0, 0.1) is 18.6 Å². The Bertz CT molecular complexity index is 674. The number of halogens is 2. The lowest BCUT2D eigenvalue weighted by Gasteiger charge is -2.11. The molecule has 2 aromatic rings. The third-order valence-electron chi connectivity index (χ3n) is 3.01. The molecule has 0 aliphatic rings. The average molecular weight is 291 g/mol. The predicted octanol–water partition coefficient (Wildman–Crippen LogP) is 2.49. The lowest BCUT2D eigenvalue weighted by Crippen LogP contribution is -2.25. The second-order valence-electron chi connectivity index (χ2n) is 4.62. The van der Waals surface area contributed by atoms with Gasteiger partial charge in [0.05, 0.1) is 11.3 Å². The number of carbonyl (C=O) groups excluding carboxylic acids is 1. The highest BCUT2D eigenvalue weighted by atomic mass is 19.2. The van der Waals surface area contributed by atoms with E-state index in [1.807, 2.05) is 13.0 Å². The van der Waals surface area contributed by atoms with E-state index in [1.165, 1.54) is 6.07 Å². The molecule has 0 saturated carbocycles. The number of nitrogens with two attached hydrogens (primary N) is 1. The number of anilines is 1. The molecule has 0 atom stereocenters. The topological polar surface area (TPSA) is 67.1 Å². The largest absolute Gasteiger partial charge is 0.348 e. The zero-order valence-corrected chi connectivity index (χ0v) is 11.4. The minimum absolute atomic E-state index is 0.0913. The van der Waals surface area contributed by atoms with Crippen LogP contribution in [0.15, 0.2) is 36.4 Å². The summed E-state index contributed by atoms with van der Waals surface area (Å²) >= 11 is 0. The molecule has 4 nitrogen and oxygen atoms in total. The molecular formula is C15H15F2N3O. The number of hydrogen-bond donors (Lipinski definition) is 3. The Morgan fingerprint density at radius 2 is 1.90 bits per heavy atom. The molecule has 4 N–H and O–H groups in total. The molecule has 110 valence electrons. The number of hydrazine groups is 1. The molecule has 2 rings (SSSR count). The van der Waals surface area contributed by atoms with Gasteiger partial charge < -0.3 is 10.7 Å². The zero-order chi connectivity index (χ0) is 15.4. The molecule has 0 aromatic heterocycles. The molecule has 0 bridgehead atoms. The van der Waals surface area contributed by atoms with E-state index >= 15 is 0 Å². The lowest BCUT2D eigenvalue weighted by molar-refractivity contribution is 0.0951. The normalized spacial score (nSPS) is 10.3. The van der Waals surface area contributed by atoms with Crippen LogP contribution in [-0.2, 0) is 6.54 Å². The molecule has 0 unspecified atom stereocenters. The maximum absolute atomic E-state index is 13.1. The number of hydrogen-bond acceptors (Lipinski definition) is 3. The van der Waals surface area contributed by atoms with Crippen molar-refractivity contribution in [1.29, 1.82) is 0 Å². The van der Waals surface area contributed by atoms with Crippen LogP contribution in [0.1, 0.15) is 21.5 Å². The minimum Gasteiger partial charge on any atom is -0.348 e. The third kappa shape index (κ3) is 3.55. The number of nitrogens with one attached hydrogen (secondary N) is 2. The van der Waals surface area contributed by atoms with E-state index in [4.69, 9.17) is 5.84 Å². The maximum atomic E-state index is 13.1. The fraction of sp³-hybridized carbons (Fsp3) is 0.133. The van der Waals surface area contributed by atoms with Gasteiger partial charge in [0.25, 0.3) is 5.91 Å². The van der Waals surface area contributed by atoms with E-state index in [2.05, 4.69) is 10.7 Å². The second-order valence-corrected chi connectivity index (χ2v) is 4.62. The van der Waals surface area contributed by atoms with Crippen LogP contribution in [0.3, 0.4) is 0 Å². The van der Waals surface area contributed by atoms with E-state index in [0.29, 0.717) is 16.8 Å². The first-order valence-electron chi connectivity index (χ1n) is 6.30. The Morgan fingerprint density at radius 3 is 2.57 bits per heavy atom. The summed E-state index contributed by atoms with van der Waals surface area (Å²) in [4.78, 5) is 12.1. The quantitative estimate of drug-likeness (QED) is 0.599. The van der Waals surface area contributed by atoms with Gasteiger partial charge >= 0.3 is 0 Å². The summed E-state index contributed by atoms with van der Waals surface area (Å²) < 4.78 is 25.9. The number of amides is 1. The summed E-state index contributed by atoms with van der Waals surface area (Å²) in [5.41, 5.74) is 4.71. The highest BCUT2D eigenvalue weighted by Crippen LogP contribution is 2.16. The number of benzene rings is 2. The van der Waals surface area contributed by atoms with Crippen LogP contribution < -0.4 is 16.6 Å². The number of nitrogen functional groups attached to an aromatic ring is 1. The van der Waals surface area contributed by atoms with Gasteiger partial charge in [0.15, 0.2) is 11.6 Å². The van der Waals surface area contributed by atoms with Crippen LogP contribution in [0.2, 0.25) is 0 Å². The van der Waals surface area contributed by atoms with Crippen LogP contribution in [-0.4, -0.2) is 5.91 Å². The van der Waals surface area contributed by atoms with Crippen molar-refractivity contribution >= 4 is 11.6 Å². The summed E-state index contributed by atoms with van der Waals surface area (Å²) in [6.45, 7) is 1.94. The zero-order valence-electron chi connectivity index (χ0n) is 11.4. The van der Waals surface area contributed by atoms with Gasteiger partial charge in [-0.3, -0.25) is 10.6 Å². The molecule has 0 aliphatic carbocycles. The Morgan fingerprint density at radius 1 is 1.14 bits per heavy atom. The molecule has 6 heteroatoms. The fourth-order valence-electron chi connectivity index (χ4n) is 1.90. The lowest BCUT2D eigenvalue weighted by atomic mass is 10.1. The Hall–Kier alpha value is -2.47. The maximum Gasteiger partial charge on any atom is 0.253 e. The van der Waals surface area contributed by atoms with E-state index in [-0.39, 0.29) is 12.5 Å². The van der Waals surface area contributed by atoms with Crippen molar-refractivity contribution in [3.8, 4) is 0 Å².